The molecule has 1 fully saturated rings. The van der Waals surface area contributed by atoms with E-state index in [1.54, 1.807) is 12.1 Å². The molecular formula is C23H26ClN3O2S. The molecule has 0 bridgehead atoms. The number of carbonyl (C=O) groups is 2. The maximum absolute atomic E-state index is 12.5. The number of nitrogens with one attached hydrogen (secondary N) is 2. The van der Waals surface area contributed by atoms with Crippen LogP contribution in [0.15, 0.2) is 47.4 Å². The molecule has 2 amide bonds. The van der Waals surface area contributed by atoms with Gasteiger partial charge < -0.3 is 10.6 Å². The minimum absolute atomic E-state index is 0.117. The minimum atomic E-state index is -0.459. The highest BCUT2D eigenvalue weighted by atomic mass is 35.5. The van der Waals surface area contributed by atoms with Gasteiger partial charge >= 0.3 is 0 Å². The minimum Gasteiger partial charge on any atom is -0.326 e. The summed E-state index contributed by atoms with van der Waals surface area (Å²) in [6.07, 6.45) is 2.64. The van der Waals surface area contributed by atoms with Gasteiger partial charge in [0.2, 0.25) is 11.8 Å². The molecule has 2 aliphatic heterocycles. The zero-order chi connectivity index (χ0) is 21.1. The van der Waals surface area contributed by atoms with Crippen molar-refractivity contribution in [3.8, 4) is 0 Å². The van der Waals surface area contributed by atoms with E-state index < -0.39 is 5.25 Å². The van der Waals surface area contributed by atoms with Crippen molar-refractivity contribution in [1.29, 1.82) is 0 Å². The largest absolute Gasteiger partial charge is 0.326 e. The van der Waals surface area contributed by atoms with Gasteiger partial charge in [-0.3, -0.25) is 14.5 Å². The van der Waals surface area contributed by atoms with E-state index in [1.807, 2.05) is 18.2 Å². The Balaban J connectivity index is 1.30. The SMILES string of the molecule is CC1CCN(Cc2ccc(NC(=O)CC3Sc4ccc(Cl)cc4NC3=O)cc2)CC1. The van der Waals surface area contributed by atoms with E-state index in [9.17, 15) is 9.59 Å². The number of piperidine rings is 1. The normalized spacial score (nSPS) is 19.8. The van der Waals surface area contributed by atoms with Crippen molar-refractivity contribution in [2.75, 3.05) is 23.7 Å². The number of carbonyl (C=O) groups excluding carboxylic acids is 2. The fourth-order valence-electron chi connectivity index (χ4n) is 3.81. The molecule has 0 aliphatic carbocycles. The molecule has 1 atom stereocenters. The highest BCUT2D eigenvalue weighted by Crippen LogP contribution is 2.38. The molecule has 7 heteroatoms. The molecule has 1 saturated heterocycles. The second-order valence-corrected chi connectivity index (χ2v) is 9.83. The Morgan fingerprint density at radius 2 is 1.93 bits per heavy atom. The van der Waals surface area contributed by atoms with Crippen LogP contribution in [0.2, 0.25) is 5.02 Å². The molecular weight excluding hydrogens is 418 g/mol. The van der Waals surface area contributed by atoms with Crippen LogP contribution in [0.5, 0.6) is 0 Å². The molecule has 0 aromatic heterocycles. The van der Waals surface area contributed by atoms with Crippen LogP contribution in [0.4, 0.5) is 11.4 Å². The third-order valence-corrected chi connectivity index (χ3v) is 7.16. The molecule has 5 nitrogen and oxygen atoms in total. The predicted molar refractivity (Wildman–Crippen MR) is 123 cm³/mol. The molecule has 4 rings (SSSR count). The lowest BCUT2D eigenvalue weighted by atomic mass is 9.99. The Morgan fingerprint density at radius 3 is 2.67 bits per heavy atom. The first-order valence-corrected chi connectivity index (χ1v) is 11.6. The van der Waals surface area contributed by atoms with Gasteiger partial charge in [0.05, 0.1) is 10.9 Å². The Kier molecular flexibility index (Phi) is 6.66. The molecule has 0 saturated carbocycles. The van der Waals surface area contributed by atoms with Crippen molar-refractivity contribution in [2.45, 2.75) is 42.9 Å². The van der Waals surface area contributed by atoms with Crippen LogP contribution in [-0.4, -0.2) is 35.1 Å². The fourth-order valence-corrected chi connectivity index (χ4v) is 5.07. The van der Waals surface area contributed by atoms with E-state index in [0.29, 0.717) is 10.7 Å². The van der Waals surface area contributed by atoms with Crippen molar-refractivity contribution in [2.24, 2.45) is 5.92 Å². The summed E-state index contributed by atoms with van der Waals surface area (Å²) in [5.41, 5.74) is 2.71. The van der Waals surface area contributed by atoms with Gasteiger partial charge in [-0.2, -0.15) is 0 Å². The lowest BCUT2D eigenvalue weighted by Gasteiger charge is -2.30. The second-order valence-electron chi connectivity index (χ2n) is 8.14. The zero-order valence-corrected chi connectivity index (χ0v) is 18.6. The highest BCUT2D eigenvalue weighted by Gasteiger charge is 2.29. The maximum Gasteiger partial charge on any atom is 0.238 e. The quantitative estimate of drug-likeness (QED) is 0.681. The molecule has 0 radical (unpaired) electrons. The van der Waals surface area contributed by atoms with Crippen LogP contribution in [0.25, 0.3) is 0 Å². The van der Waals surface area contributed by atoms with Crippen LogP contribution in [0.3, 0.4) is 0 Å². The van der Waals surface area contributed by atoms with Gasteiger partial charge in [0, 0.05) is 28.6 Å². The number of rotatable bonds is 5. The molecule has 2 heterocycles. The zero-order valence-electron chi connectivity index (χ0n) is 17.0. The number of fused-ring (bicyclic) bond motifs is 1. The second kappa shape index (κ2) is 9.41. The van der Waals surface area contributed by atoms with E-state index in [-0.39, 0.29) is 18.2 Å². The topological polar surface area (TPSA) is 61.4 Å². The van der Waals surface area contributed by atoms with E-state index in [4.69, 9.17) is 11.6 Å². The third kappa shape index (κ3) is 5.36. The van der Waals surface area contributed by atoms with Crippen molar-refractivity contribution in [1.82, 2.24) is 4.90 Å². The van der Waals surface area contributed by atoms with Crippen LogP contribution < -0.4 is 10.6 Å². The lowest BCUT2D eigenvalue weighted by Crippen LogP contribution is -2.32. The summed E-state index contributed by atoms with van der Waals surface area (Å²) < 4.78 is 0. The number of likely N-dealkylation sites (tertiary alicyclic amines) is 1. The number of nitrogens with zero attached hydrogens (tertiary/aromatic N) is 1. The molecule has 30 heavy (non-hydrogen) atoms. The number of benzene rings is 2. The summed E-state index contributed by atoms with van der Waals surface area (Å²) in [5.74, 6) is 0.489. The molecule has 158 valence electrons. The summed E-state index contributed by atoms with van der Waals surface area (Å²) in [4.78, 5) is 28.2. The molecule has 2 aliphatic rings. The van der Waals surface area contributed by atoms with Gasteiger partial charge in [0.25, 0.3) is 0 Å². The first kappa shape index (κ1) is 21.2. The molecule has 2 aromatic rings. The summed E-state index contributed by atoms with van der Waals surface area (Å²) >= 11 is 7.38. The van der Waals surface area contributed by atoms with Crippen LogP contribution in [-0.2, 0) is 16.1 Å². The van der Waals surface area contributed by atoms with Crippen LogP contribution in [0.1, 0.15) is 31.7 Å². The van der Waals surface area contributed by atoms with Gasteiger partial charge in [0.15, 0.2) is 0 Å². The summed E-state index contributed by atoms with van der Waals surface area (Å²) in [6.45, 7) is 5.56. The maximum atomic E-state index is 12.5. The van der Waals surface area contributed by atoms with E-state index in [1.165, 1.54) is 30.2 Å². The molecule has 2 N–H and O–H groups in total. The van der Waals surface area contributed by atoms with E-state index in [0.717, 1.165) is 36.1 Å². The van der Waals surface area contributed by atoms with Gasteiger partial charge in [-0.15, -0.1) is 11.8 Å². The van der Waals surface area contributed by atoms with Crippen molar-refractivity contribution in [3.63, 3.8) is 0 Å². The summed E-state index contributed by atoms with van der Waals surface area (Å²) in [5, 5.41) is 5.87. The molecule has 0 spiro atoms. The van der Waals surface area contributed by atoms with Crippen molar-refractivity contribution >= 4 is 46.6 Å². The number of thioether (sulfide) groups is 1. The molecule has 2 aromatic carbocycles. The third-order valence-electron chi connectivity index (χ3n) is 5.65. The first-order chi connectivity index (χ1) is 14.5. The van der Waals surface area contributed by atoms with Crippen LogP contribution >= 0.6 is 23.4 Å². The molecule has 1 unspecified atom stereocenters. The standard InChI is InChI=1S/C23H26ClN3O2S/c1-15-8-10-27(11-9-15)14-16-2-5-18(6-3-16)25-22(28)13-21-23(29)26-19-12-17(24)4-7-20(19)30-21/h2-7,12,15,21H,8-11,13-14H2,1H3,(H,25,28)(H,26,29). The van der Waals surface area contributed by atoms with Gasteiger partial charge in [-0.1, -0.05) is 30.7 Å². The number of hydrogen-bond donors (Lipinski definition) is 2. The average molecular weight is 444 g/mol. The Labute approximate surface area is 186 Å². The van der Waals surface area contributed by atoms with Gasteiger partial charge in [-0.25, -0.2) is 0 Å². The lowest BCUT2D eigenvalue weighted by molar-refractivity contribution is -0.120. The van der Waals surface area contributed by atoms with Gasteiger partial charge in [-0.05, 0) is 67.7 Å². The summed E-state index contributed by atoms with van der Waals surface area (Å²) in [6, 6.07) is 13.4. The number of anilines is 2. The number of hydrogen-bond acceptors (Lipinski definition) is 4. The van der Waals surface area contributed by atoms with Crippen molar-refractivity contribution in [3.05, 3.63) is 53.1 Å². The Hall–Kier alpha value is -2.02. The fraction of sp³-hybridized carbons (Fsp3) is 0.391. The Bertz CT molecular complexity index is 927. The first-order valence-electron chi connectivity index (χ1n) is 10.3. The van der Waals surface area contributed by atoms with E-state index in [2.05, 4.69) is 34.6 Å². The highest BCUT2D eigenvalue weighted by molar-refractivity contribution is 8.01. The Morgan fingerprint density at radius 1 is 1.20 bits per heavy atom. The monoisotopic (exact) mass is 443 g/mol. The smallest absolute Gasteiger partial charge is 0.238 e. The predicted octanol–water partition coefficient (Wildman–Crippen LogP) is 5.01. The average Bonchev–Trinajstić information content (AvgIpc) is 2.72. The van der Waals surface area contributed by atoms with Crippen molar-refractivity contribution < 1.29 is 9.59 Å². The van der Waals surface area contributed by atoms with E-state index >= 15 is 0 Å². The summed E-state index contributed by atoms with van der Waals surface area (Å²) in [7, 11) is 0. The number of halogens is 1. The van der Waals surface area contributed by atoms with Crippen LogP contribution in [0, 0.1) is 5.92 Å². The van der Waals surface area contributed by atoms with Gasteiger partial charge in [0.1, 0.15) is 0 Å². The number of amides is 2.